The first-order valence-electron chi connectivity index (χ1n) is 13.3. The number of unbranched alkanes of at least 4 members (excludes halogenated alkanes) is 2. The Bertz CT molecular complexity index is 1260. The van der Waals surface area contributed by atoms with Crippen molar-refractivity contribution in [3.63, 3.8) is 0 Å². The predicted octanol–water partition coefficient (Wildman–Crippen LogP) is 5.32. The number of hydrogen-bond acceptors (Lipinski definition) is 8. The van der Waals surface area contributed by atoms with Gasteiger partial charge in [0.2, 0.25) is 15.9 Å². The molecule has 1 fully saturated rings. The average molecular weight is 581 g/mol. The average Bonchev–Trinajstić information content (AvgIpc) is 3.22. The minimum atomic E-state index is -3.88. The minimum absolute atomic E-state index is 0.0370. The number of nitrogens with one attached hydrogen (secondary N) is 2. The maximum absolute atomic E-state index is 13.3. The zero-order valence-electron chi connectivity index (χ0n) is 23.6. The van der Waals surface area contributed by atoms with E-state index in [1.54, 1.807) is 17.0 Å². The topological polar surface area (TPSA) is 127 Å². The van der Waals surface area contributed by atoms with Crippen molar-refractivity contribution >= 4 is 38.5 Å². The Balaban J connectivity index is 1.68. The van der Waals surface area contributed by atoms with Gasteiger partial charge in [-0.2, -0.15) is 0 Å². The summed E-state index contributed by atoms with van der Waals surface area (Å²) in [5.41, 5.74) is 0.897. The number of carbonyl (C=O) groups excluding carboxylic acids is 2. The molecule has 0 atom stereocenters. The molecule has 1 aromatic carbocycles. The molecule has 1 aromatic heterocycles. The van der Waals surface area contributed by atoms with Crippen molar-refractivity contribution < 1.29 is 27.5 Å². The number of thiazole rings is 1. The molecule has 12 heteroatoms. The van der Waals surface area contributed by atoms with Crippen LogP contribution in [0, 0.1) is 6.92 Å². The van der Waals surface area contributed by atoms with E-state index in [0.29, 0.717) is 37.5 Å². The van der Waals surface area contributed by atoms with Crippen LogP contribution in [0.3, 0.4) is 0 Å². The number of ether oxygens (including phenoxy) is 2. The van der Waals surface area contributed by atoms with E-state index in [0.717, 1.165) is 35.4 Å². The fraction of sp³-hybridized carbons (Fsp3) is 0.593. The third-order valence-electron chi connectivity index (χ3n) is 6.23. The molecule has 3 rings (SSSR count). The van der Waals surface area contributed by atoms with Gasteiger partial charge in [0, 0.05) is 25.6 Å². The number of methoxy groups -OCH3 is 1. The second-order valence-electron chi connectivity index (χ2n) is 10.7. The number of sulfonamides is 1. The van der Waals surface area contributed by atoms with E-state index in [2.05, 4.69) is 21.9 Å². The van der Waals surface area contributed by atoms with Crippen molar-refractivity contribution in [1.29, 1.82) is 0 Å². The number of hydrogen-bond donors (Lipinski definition) is 2. The van der Waals surface area contributed by atoms with Gasteiger partial charge in [0.15, 0.2) is 5.13 Å². The molecule has 0 saturated carbocycles. The molecular weight excluding hydrogens is 540 g/mol. The van der Waals surface area contributed by atoms with Gasteiger partial charge < -0.3 is 19.7 Å². The van der Waals surface area contributed by atoms with Crippen LogP contribution >= 0.6 is 11.3 Å². The molecule has 2 N–H and O–H groups in total. The van der Waals surface area contributed by atoms with Crippen LogP contribution in [0.5, 0.6) is 5.75 Å². The molecule has 0 bridgehead atoms. The standard InChI is InChI=1S/C27H40N4O6S2/c1-7-8-9-10-23(32)29-25-28-18(2)24(38-25)19-11-12-22(21(17-19)36-6)39(34,35)30-20-13-15-31(16-14-20)26(33)37-27(3,4)5/h11-12,17,20,30H,7-10,13-16H2,1-6H3,(H,28,29,32). The Hall–Kier alpha value is -2.70. The monoisotopic (exact) mass is 580 g/mol. The van der Waals surface area contributed by atoms with Gasteiger partial charge in [-0.25, -0.2) is 22.9 Å². The van der Waals surface area contributed by atoms with Gasteiger partial charge in [-0.05, 0) is 64.7 Å². The van der Waals surface area contributed by atoms with Crippen molar-refractivity contribution in [2.45, 2.75) is 89.7 Å². The number of aromatic nitrogens is 1. The molecule has 10 nitrogen and oxygen atoms in total. The molecule has 0 spiro atoms. The zero-order valence-corrected chi connectivity index (χ0v) is 25.3. The van der Waals surface area contributed by atoms with Crippen LogP contribution in [0.2, 0.25) is 0 Å². The molecule has 0 radical (unpaired) electrons. The Labute approximate surface area is 235 Å². The van der Waals surface area contributed by atoms with Crippen molar-refractivity contribution in [1.82, 2.24) is 14.6 Å². The zero-order chi connectivity index (χ0) is 28.8. The molecule has 0 aliphatic carbocycles. The molecule has 39 heavy (non-hydrogen) atoms. The predicted molar refractivity (Wildman–Crippen MR) is 153 cm³/mol. The van der Waals surface area contributed by atoms with Gasteiger partial charge in [-0.3, -0.25) is 4.79 Å². The second kappa shape index (κ2) is 13.1. The number of carbonyl (C=O) groups is 2. The number of likely N-dealkylation sites (tertiary alicyclic amines) is 1. The van der Waals surface area contributed by atoms with Crippen LogP contribution in [0.15, 0.2) is 23.1 Å². The number of aryl methyl sites for hydroxylation is 1. The van der Waals surface area contributed by atoms with Crippen molar-refractivity contribution in [2.24, 2.45) is 0 Å². The normalized spacial score (nSPS) is 14.8. The maximum atomic E-state index is 13.3. The van der Waals surface area contributed by atoms with Crippen LogP contribution in [-0.2, 0) is 19.6 Å². The van der Waals surface area contributed by atoms with Gasteiger partial charge in [0.25, 0.3) is 0 Å². The van der Waals surface area contributed by atoms with E-state index < -0.39 is 21.7 Å². The lowest BCUT2D eigenvalue weighted by molar-refractivity contribution is -0.116. The third-order valence-corrected chi connectivity index (χ3v) is 8.92. The van der Waals surface area contributed by atoms with Gasteiger partial charge in [-0.15, -0.1) is 0 Å². The van der Waals surface area contributed by atoms with Gasteiger partial charge in [-0.1, -0.05) is 37.2 Å². The first-order chi connectivity index (χ1) is 18.3. The van der Waals surface area contributed by atoms with Crippen LogP contribution in [0.25, 0.3) is 10.4 Å². The van der Waals surface area contributed by atoms with Gasteiger partial charge >= 0.3 is 6.09 Å². The summed E-state index contributed by atoms with van der Waals surface area (Å²) >= 11 is 1.34. The van der Waals surface area contributed by atoms with E-state index in [1.807, 2.05) is 27.7 Å². The summed E-state index contributed by atoms with van der Waals surface area (Å²) in [5, 5.41) is 3.37. The smallest absolute Gasteiger partial charge is 0.410 e. The quantitative estimate of drug-likeness (QED) is 0.364. The van der Waals surface area contributed by atoms with E-state index in [-0.39, 0.29) is 22.6 Å². The summed E-state index contributed by atoms with van der Waals surface area (Å²) in [5.74, 6) is 0.148. The molecule has 216 valence electrons. The first kappa shape index (κ1) is 30.8. The number of amides is 2. The highest BCUT2D eigenvalue weighted by Crippen LogP contribution is 2.37. The SMILES string of the molecule is CCCCCC(=O)Nc1nc(C)c(-c2ccc(S(=O)(=O)NC3CCN(C(=O)OC(C)(C)C)CC3)c(OC)c2)s1. The Morgan fingerprint density at radius 2 is 1.87 bits per heavy atom. The van der Waals surface area contributed by atoms with E-state index in [1.165, 1.54) is 24.5 Å². The van der Waals surface area contributed by atoms with Crippen LogP contribution in [0.1, 0.15) is 71.9 Å². The van der Waals surface area contributed by atoms with Gasteiger partial charge in [0.05, 0.1) is 17.7 Å². The molecule has 2 amide bonds. The van der Waals surface area contributed by atoms with Crippen LogP contribution in [-0.4, -0.2) is 62.1 Å². The molecule has 1 saturated heterocycles. The maximum Gasteiger partial charge on any atom is 0.410 e. The Morgan fingerprint density at radius 1 is 1.18 bits per heavy atom. The van der Waals surface area contributed by atoms with Crippen molar-refractivity contribution in [3.05, 3.63) is 23.9 Å². The van der Waals surface area contributed by atoms with Crippen LogP contribution < -0.4 is 14.8 Å². The summed E-state index contributed by atoms with van der Waals surface area (Å²) in [7, 11) is -2.45. The van der Waals surface area contributed by atoms with Gasteiger partial charge in [0.1, 0.15) is 16.2 Å². The number of piperidine rings is 1. The molecule has 1 aliphatic heterocycles. The Morgan fingerprint density at radius 3 is 2.49 bits per heavy atom. The van der Waals surface area contributed by atoms with Crippen molar-refractivity contribution in [2.75, 3.05) is 25.5 Å². The summed E-state index contributed by atoms with van der Waals surface area (Å²) in [6, 6.07) is 4.60. The number of benzene rings is 1. The number of nitrogens with zero attached hydrogens (tertiary/aromatic N) is 2. The van der Waals surface area contributed by atoms with E-state index in [9.17, 15) is 18.0 Å². The summed E-state index contributed by atoms with van der Waals surface area (Å²) in [6.07, 6.45) is 3.91. The highest BCUT2D eigenvalue weighted by Gasteiger charge is 2.30. The van der Waals surface area contributed by atoms with E-state index in [4.69, 9.17) is 9.47 Å². The van der Waals surface area contributed by atoms with Crippen LogP contribution in [0.4, 0.5) is 9.93 Å². The highest BCUT2D eigenvalue weighted by atomic mass is 32.2. The van der Waals surface area contributed by atoms with E-state index >= 15 is 0 Å². The lowest BCUT2D eigenvalue weighted by Crippen LogP contribution is -2.47. The number of rotatable bonds is 10. The third kappa shape index (κ3) is 8.64. The summed E-state index contributed by atoms with van der Waals surface area (Å²) in [4.78, 5) is 31.5. The summed E-state index contributed by atoms with van der Waals surface area (Å²) < 4.78 is 40.2. The fourth-order valence-electron chi connectivity index (χ4n) is 4.26. The molecule has 0 unspecified atom stereocenters. The lowest BCUT2D eigenvalue weighted by atomic mass is 10.1. The molecule has 1 aliphatic rings. The minimum Gasteiger partial charge on any atom is -0.495 e. The lowest BCUT2D eigenvalue weighted by Gasteiger charge is -2.33. The molecular formula is C27H40N4O6S2. The first-order valence-corrected chi connectivity index (χ1v) is 15.6. The van der Waals surface area contributed by atoms with Crippen molar-refractivity contribution in [3.8, 4) is 16.2 Å². The number of anilines is 1. The fourth-order valence-corrected chi connectivity index (χ4v) is 6.69. The Kier molecular flexibility index (Phi) is 10.4. The second-order valence-corrected chi connectivity index (χ2v) is 13.3. The summed E-state index contributed by atoms with van der Waals surface area (Å²) in [6.45, 7) is 10.2. The largest absolute Gasteiger partial charge is 0.495 e. The molecule has 2 aromatic rings. The molecule has 2 heterocycles. The highest BCUT2D eigenvalue weighted by molar-refractivity contribution is 7.89.